The molecule has 1 unspecified atom stereocenters. The van der Waals surface area contributed by atoms with Crippen molar-refractivity contribution in [2.75, 3.05) is 0 Å². The second-order valence-electron chi connectivity index (χ2n) is 5.45. The number of carbonyl (C=O) groups is 1. The van der Waals surface area contributed by atoms with Crippen molar-refractivity contribution in [3.8, 4) is 11.3 Å². The Kier molecular flexibility index (Phi) is 4.11. The molecular weight excluding hydrogens is 339 g/mol. The van der Waals surface area contributed by atoms with Crippen LogP contribution in [0.3, 0.4) is 0 Å². The summed E-state index contributed by atoms with van der Waals surface area (Å²) in [5.41, 5.74) is 1.53. The van der Waals surface area contributed by atoms with Gasteiger partial charge < -0.3 is 9.73 Å². The smallest absolute Gasteiger partial charge is 0.247 e. The highest BCUT2D eigenvalue weighted by Gasteiger charge is 2.34. The van der Waals surface area contributed by atoms with E-state index >= 15 is 0 Å². The number of hydrogen-bond donors (Lipinski definition) is 1. The molecule has 1 aliphatic heterocycles. The van der Waals surface area contributed by atoms with Crippen LogP contribution < -0.4 is 5.32 Å². The van der Waals surface area contributed by atoms with Crippen molar-refractivity contribution in [1.29, 1.82) is 0 Å². The van der Waals surface area contributed by atoms with Gasteiger partial charge in [0.25, 0.3) is 0 Å². The Bertz CT molecular complexity index is 936. The van der Waals surface area contributed by atoms with Gasteiger partial charge in [0.15, 0.2) is 5.17 Å². The van der Waals surface area contributed by atoms with Crippen LogP contribution in [0.2, 0.25) is 0 Å². The van der Waals surface area contributed by atoms with Gasteiger partial charge in [-0.25, -0.2) is 9.38 Å². The number of nitrogens with one attached hydrogen (secondary N) is 1. The number of rotatable bonds is 3. The van der Waals surface area contributed by atoms with Crippen molar-refractivity contribution in [3.63, 3.8) is 0 Å². The van der Waals surface area contributed by atoms with Gasteiger partial charge in [-0.3, -0.25) is 4.79 Å². The molecule has 0 aliphatic carbocycles. The van der Waals surface area contributed by atoms with Crippen LogP contribution >= 0.6 is 11.8 Å². The van der Waals surface area contributed by atoms with Gasteiger partial charge in [-0.15, -0.1) is 0 Å². The highest BCUT2D eigenvalue weighted by molar-refractivity contribution is 8.15. The minimum absolute atomic E-state index is 0.167. The molecule has 2 aromatic carbocycles. The summed E-state index contributed by atoms with van der Waals surface area (Å²) in [7, 11) is 0. The third-order valence-corrected chi connectivity index (χ3v) is 4.80. The maximum absolute atomic E-state index is 13.0. The Hall–Kier alpha value is -2.86. The Labute approximate surface area is 147 Å². The zero-order valence-electron chi connectivity index (χ0n) is 13.0. The molecule has 124 valence electrons. The lowest BCUT2D eigenvalue weighted by Gasteiger charge is -2.01. The van der Waals surface area contributed by atoms with E-state index in [1.165, 1.54) is 23.9 Å². The monoisotopic (exact) mass is 352 g/mol. The molecule has 3 aromatic rings. The van der Waals surface area contributed by atoms with Gasteiger partial charge in [0.2, 0.25) is 5.91 Å². The molecule has 0 radical (unpaired) electrons. The minimum atomic E-state index is -0.489. The van der Waals surface area contributed by atoms with Gasteiger partial charge in [-0.2, -0.15) is 0 Å². The van der Waals surface area contributed by atoms with Gasteiger partial charge in [-0.05, 0) is 48.5 Å². The Balaban J connectivity index is 1.55. The number of thioether (sulfide) groups is 1. The van der Waals surface area contributed by atoms with Gasteiger partial charge in [0.1, 0.15) is 22.6 Å². The van der Waals surface area contributed by atoms with E-state index in [0.717, 1.165) is 11.3 Å². The van der Waals surface area contributed by atoms with E-state index in [0.29, 0.717) is 16.7 Å². The molecular formula is C19H13FN2O2S. The second kappa shape index (κ2) is 6.57. The van der Waals surface area contributed by atoms with Crippen LogP contribution in [0.25, 0.3) is 11.3 Å². The van der Waals surface area contributed by atoms with Crippen molar-refractivity contribution in [3.05, 3.63) is 78.3 Å². The van der Waals surface area contributed by atoms with Crippen LogP contribution in [0.4, 0.5) is 10.1 Å². The third-order valence-electron chi connectivity index (χ3n) is 3.70. The molecule has 1 atom stereocenters. The average molecular weight is 352 g/mol. The number of carbonyl (C=O) groups excluding carboxylic acids is 1. The highest BCUT2D eigenvalue weighted by atomic mass is 32.2. The number of amidine groups is 1. The van der Waals surface area contributed by atoms with Gasteiger partial charge >= 0.3 is 0 Å². The van der Waals surface area contributed by atoms with E-state index in [9.17, 15) is 9.18 Å². The SMILES string of the molecule is O=C1NC(=Nc2ccccc2)SC1c1ccc(-c2ccc(F)cc2)o1. The quantitative estimate of drug-likeness (QED) is 0.745. The lowest BCUT2D eigenvalue weighted by atomic mass is 10.2. The van der Waals surface area contributed by atoms with Crippen LogP contribution in [0.5, 0.6) is 0 Å². The number of halogens is 1. The van der Waals surface area contributed by atoms with Crippen LogP contribution in [0, 0.1) is 5.82 Å². The first kappa shape index (κ1) is 15.7. The lowest BCUT2D eigenvalue weighted by molar-refractivity contribution is -0.119. The van der Waals surface area contributed by atoms with Crippen LogP contribution in [-0.2, 0) is 4.79 Å². The molecule has 0 spiro atoms. The molecule has 6 heteroatoms. The summed E-state index contributed by atoms with van der Waals surface area (Å²) in [4.78, 5) is 16.7. The first-order valence-corrected chi connectivity index (χ1v) is 8.54. The number of para-hydroxylation sites is 1. The minimum Gasteiger partial charge on any atom is -0.459 e. The van der Waals surface area contributed by atoms with Crippen molar-refractivity contribution >= 4 is 28.5 Å². The molecule has 1 fully saturated rings. The third kappa shape index (κ3) is 3.34. The number of furan rings is 1. The second-order valence-corrected chi connectivity index (χ2v) is 6.54. The zero-order chi connectivity index (χ0) is 17.2. The molecule has 0 saturated carbocycles. The van der Waals surface area contributed by atoms with Gasteiger partial charge in [0, 0.05) is 5.56 Å². The first-order chi connectivity index (χ1) is 12.2. The van der Waals surface area contributed by atoms with Crippen LogP contribution in [0.1, 0.15) is 11.0 Å². The van der Waals surface area contributed by atoms with E-state index in [1.54, 1.807) is 24.3 Å². The Morgan fingerprint density at radius 2 is 1.76 bits per heavy atom. The predicted octanol–water partition coefficient (Wildman–Crippen LogP) is 4.68. The Morgan fingerprint density at radius 1 is 1.00 bits per heavy atom. The van der Waals surface area contributed by atoms with Gasteiger partial charge in [0.05, 0.1) is 5.69 Å². The largest absolute Gasteiger partial charge is 0.459 e. The number of nitrogens with zero attached hydrogens (tertiary/aromatic N) is 1. The summed E-state index contributed by atoms with van der Waals surface area (Å²) < 4.78 is 18.8. The molecule has 1 N–H and O–H groups in total. The van der Waals surface area contributed by atoms with E-state index < -0.39 is 5.25 Å². The maximum Gasteiger partial charge on any atom is 0.247 e. The summed E-state index contributed by atoms with van der Waals surface area (Å²) in [6.07, 6.45) is 0. The van der Waals surface area contributed by atoms with Crippen LogP contribution in [0.15, 0.2) is 76.1 Å². The molecule has 1 aliphatic rings. The number of aliphatic imine (C=N–C) groups is 1. The normalized spacial score (nSPS) is 18.5. The van der Waals surface area contributed by atoms with E-state index in [-0.39, 0.29) is 11.7 Å². The predicted molar refractivity (Wildman–Crippen MR) is 96.1 cm³/mol. The maximum atomic E-state index is 13.0. The standard InChI is InChI=1S/C19H13FN2O2S/c20-13-8-6-12(7-9-13)15-10-11-16(24-15)17-18(23)22-19(25-17)21-14-4-2-1-3-5-14/h1-11,17H,(H,21,22,23). The van der Waals surface area contributed by atoms with Crippen LogP contribution in [-0.4, -0.2) is 11.1 Å². The van der Waals surface area contributed by atoms with Crippen molar-refractivity contribution in [2.45, 2.75) is 5.25 Å². The number of amides is 1. The fourth-order valence-corrected chi connectivity index (χ4v) is 3.44. The fourth-order valence-electron chi connectivity index (χ4n) is 2.49. The summed E-state index contributed by atoms with van der Waals surface area (Å²) in [5, 5.41) is 2.83. The van der Waals surface area contributed by atoms with Crippen molar-refractivity contribution in [2.24, 2.45) is 4.99 Å². The molecule has 1 amide bonds. The zero-order valence-corrected chi connectivity index (χ0v) is 13.8. The summed E-state index contributed by atoms with van der Waals surface area (Å²) in [5.74, 6) is 0.666. The molecule has 0 bridgehead atoms. The van der Waals surface area contributed by atoms with E-state index in [2.05, 4.69) is 10.3 Å². The summed E-state index contributed by atoms with van der Waals surface area (Å²) in [6.45, 7) is 0. The summed E-state index contributed by atoms with van der Waals surface area (Å²) >= 11 is 1.31. The molecule has 1 saturated heterocycles. The first-order valence-electron chi connectivity index (χ1n) is 7.66. The molecule has 1 aromatic heterocycles. The number of hydrogen-bond acceptors (Lipinski definition) is 4. The van der Waals surface area contributed by atoms with Crippen molar-refractivity contribution < 1.29 is 13.6 Å². The molecule has 2 heterocycles. The Morgan fingerprint density at radius 3 is 2.52 bits per heavy atom. The molecule has 25 heavy (non-hydrogen) atoms. The molecule has 4 nitrogen and oxygen atoms in total. The topological polar surface area (TPSA) is 54.6 Å². The lowest BCUT2D eigenvalue weighted by Crippen LogP contribution is -2.21. The fraction of sp³-hybridized carbons (Fsp3) is 0.0526. The average Bonchev–Trinajstić information content (AvgIpc) is 3.23. The summed E-state index contributed by atoms with van der Waals surface area (Å²) in [6, 6.07) is 19.0. The molecule has 4 rings (SSSR count). The number of benzene rings is 2. The van der Waals surface area contributed by atoms with Gasteiger partial charge in [-0.1, -0.05) is 30.0 Å². The van der Waals surface area contributed by atoms with Crippen molar-refractivity contribution in [1.82, 2.24) is 5.32 Å². The van der Waals surface area contributed by atoms with E-state index in [4.69, 9.17) is 4.42 Å². The van der Waals surface area contributed by atoms with E-state index in [1.807, 2.05) is 30.3 Å². The highest BCUT2D eigenvalue weighted by Crippen LogP contribution is 2.37.